The maximum atomic E-state index is 13.6. The molecule has 31 heavy (non-hydrogen) atoms. The summed E-state index contributed by atoms with van der Waals surface area (Å²) in [6, 6.07) is 7.69. The van der Waals surface area contributed by atoms with E-state index < -0.39 is 30.8 Å². The number of nitrogens with zero attached hydrogens (tertiary/aromatic N) is 3. The largest absolute Gasteiger partial charge is 0.378 e. The number of halogens is 2. The average Bonchev–Trinajstić information content (AvgIpc) is 3.09. The molecule has 0 bridgehead atoms. The van der Waals surface area contributed by atoms with Gasteiger partial charge in [-0.15, -0.1) is 0 Å². The van der Waals surface area contributed by atoms with E-state index in [9.17, 15) is 18.4 Å². The summed E-state index contributed by atoms with van der Waals surface area (Å²) in [5.41, 5.74) is 1.94. The molecule has 0 aliphatic carbocycles. The van der Waals surface area contributed by atoms with Gasteiger partial charge < -0.3 is 9.64 Å². The van der Waals surface area contributed by atoms with Crippen LogP contribution in [0.5, 0.6) is 0 Å². The molecule has 0 N–H and O–H groups in total. The number of ether oxygens (including phenoxy) is 1. The van der Waals surface area contributed by atoms with Crippen molar-refractivity contribution >= 4 is 28.7 Å². The number of aromatic nitrogens is 1. The second kappa shape index (κ2) is 9.75. The van der Waals surface area contributed by atoms with Gasteiger partial charge in [-0.1, -0.05) is 18.2 Å². The lowest BCUT2D eigenvalue weighted by Crippen LogP contribution is -2.36. The van der Waals surface area contributed by atoms with Gasteiger partial charge in [0.15, 0.2) is 5.78 Å². The molecule has 1 aliphatic rings. The summed E-state index contributed by atoms with van der Waals surface area (Å²) in [6.45, 7) is 2.23. The molecule has 1 amide bonds. The molecule has 1 aromatic carbocycles. The molecular weight excluding hydrogens is 404 g/mol. The van der Waals surface area contributed by atoms with E-state index in [-0.39, 0.29) is 18.6 Å². The van der Waals surface area contributed by atoms with Crippen LogP contribution in [0.1, 0.15) is 42.1 Å². The van der Waals surface area contributed by atoms with Gasteiger partial charge in [0.05, 0.1) is 24.7 Å². The van der Waals surface area contributed by atoms with Gasteiger partial charge in [0.1, 0.15) is 6.04 Å². The lowest BCUT2D eigenvalue weighted by atomic mass is 10.00. The quantitative estimate of drug-likeness (QED) is 0.470. The predicted molar refractivity (Wildman–Crippen MR) is 112 cm³/mol. The lowest BCUT2D eigenvalue weighted by molar-refractivity contribution is -0.132. The van der Waals surface area contributed by atoms with Crippen molar-refractivity contribution < 1.29 is 23.1 Å². The minimum atomic E-state index is -3.08. The van der Waals surface area contributed by atoms with Crippen molar-refractivity contribution in [2.24, 2.45) is 0 Å². The Bertz CT molecular complexity index is 1050. The number of hydrogen-bond acceptors (Lipinski definition) is 5. The monoisotopic (exact) mass is 427 g/mol. The molecule has 0 radical (unpaired) electrons. The van der Waals surface area contributed by atoms with Gasteiger partial charge in [-0.25, -0.2) is 8.78 Å². The second-order valence-corrected chi connectivity index (χ2v) is 7.35. The van der Waals surface area contributed by atoms with Gasteiger partial charge in [-0.2, -0.15) is 5.26 Å². The fourth-order valence-electron chi connectivity index (χ4n) is 3.57. The van der Waals surface area contributed by atoms with Crippen LogP contribution in [0.15, 0.2) is 36.5 Å². The van der Waals surface area contributed by atoms with Gasteiger partial charge >= 0.3 is 0 Å². The molecule has 6 nitrogen and oxygen atoms in total. The van der Waals surface area contributed by atoms with E-state index in [1.54, 1.807) is 18.2 Å². The number of likely N-dealkylation sites (tertiary alicyclic amines) is 1. The molecule has 1 atom stereocenters. The standard InChI is InChI=1S/C23H23F2N3O3/c1-2-31-11-3-4-16-5-6-20-19(12-16)18(9-10-27-20)21(29)7-8-22(30)28-15-23(24,25)13-17(28)14-26/h3-6,9-10,12,17H,2,7-8,11,13,15H2,1H3/b4-3+/t17-/m0/s1. The summed E-state index contributed by atoms with van der Waals surface area (Å²) >= 11 is 0. The molecule has 1 aromatic heterocycles. The molecule has 0 unspecified atom stereocenters. The van der Waals surface area contributed by atoms with Gasteiger partial charge in [-0.05, 0) is 30.7 Å². The summed E-state index contributed by atoms with van der Waals surface area (Å²) in [6.07, 6.45) is 4.24. The van der Waals surface area contributed by atoms with Gasteiger partial charge in [-0.3, -0.25) is 14.6 Å². The molecule has 0 saturated carbocycles. The van der Waals surface area contributed by atoms with Crippen LogP contribution in [0.2, 0.25) is 0 Å². The molecule has 0 spiro atoms. The highest BCUT2D eigenvalue weighted by atomic mass is 19.3. The summed E-state index contributed by atoms with van der Waals surface area (Å²) in [4.78, 5) is 30.3. The van der Waals surface area contributed by atoms with Crippen LogP contribution in [0, 0.1) is 11.3 Å². The van der Waals surface area contributed by atoms with Crippen LogP contribution in [-0.4, -0.2) is 53.3 Å². The number of pyridine rings is 1. The van der Waals surface area contributed by atoms with E-state index in [1.165, 1.54) is 6.20 Å². The molecule has 1 saturated heterocycles. The number of carbonyl (C=O) groups is 2. The molecule has 2 aromatic rings. The summed E-state index contributed by atoms with van der Waals surface area (Å²) in [7, 11) is 0. The van der Waals surface area contributed by atoms with E-state index in [0.717, 1.165) is 10.5 Å². The van der Waals surface area contributed by atoms with Crippen LogP contribution in [0.3, 0.4) is 0 Å². The van der Waals surface area contributed by atoms with Crippen molar-refractivity contribution in [3.8, 4) is 6.07 Å². The number of amides is 1. The number of Topliss-reactive ketones (excluding diaryl/α,β-unsaturated/α-hetero) is 1. The number of carbonyl (C=O) groups excluding carboxylic acids is 2. The van der Waals surface area contributed by atoms with E-state index in [0.29, 0.717) is 29.7 Å². The van der Waals surface area contributed by atoms with Crippen LogP contribution in [-0.2, 0) is 9.53 Å². The highest BCUT2D eigenvalue weighted by Crippen LogP contribution is 2.32. The lowest BCUT2D eigenvalue weighted by Gasteiger charge is -2.18. The number of hydrogen-bond donors (Lipinski definition) is 0. The third kappa shape index (κ3) is 5.50. The molecule has 1 aliphatic heterocycles. The predicted octanol–water partition coefficient (Wildman–Crippen LogP) is 4.01. The van der Waals surface area contributed by atoms with E-state index >= 15 is 0 Å². The molecular formula is C23H23F2N3O3. The summed E-state index contributed by atoms with van der Waals surface area (Å²) < 4.78 is 32.4. The zero-order valence-corrected chi connectivity index (χ0v) is 17.2. The topological polar surface area (TPSA) is 83.3 Å². The highest BCUT2D eigenvalue weighted by molar-refractivity contribution is 6.08. The average molecular weight is 427 g/mol. The van der Waals surface area contributed by atoms with E-state index in [4.69, 9.17) is 10.00 Å². The Morgan fingerprint density at radius 1 is 1.35 bits per heavy atom. The fraction of sp³-hybridized carbons (Fsp3) is 0.391. The molecule has 1 fully saturated rings. The number of ketones is 1. The Kier molecular flexibility index (Phi) is 7.08. The van der Waals surface area contributed by atoms with Crippen LogP contribution >= 0.6 is 0 Å². The van der Waals surface area contributed by atoms with Gasteiger partial charge in [0.2, 0.25) is 5.91 Å². The number of benzene rings is 1. The maximum absolute atomic E-state index is 13.6. The SMILES string of the molecule is CCOC/C=C/c1ccc2nccc(C(=O)CCC(=O)N3CC(F)(F)C[C@H]3C#N)c2c1. The minimum Gasteiger partial charge on any atom is -0.378 e. The van der Waals surface area contributed by atoms with Crippen molar-refractivity contribution in [2.75, 3.05) is 19.8 Å². The number of rotatable bonds is 8. The Labute approximate surface area is 179 Å². The fourth-order valence-corrected chi connectivity index (χ4v) is 3.57. The van der Waals surface area contributed by atoms with Gasteiger partial charge in [0.25, 0.3) is 5.92 Å². The molecule has 8 heteroatoms. The first-order chi connectivity index (χ1) is 14.8. The van der Waals surface area contributed by atoms with E-state index in [2.05, 4.69) is 4.98 Å². The number of alkyl halides is 2. The second-order valence-electron chi connectivity index (χ2n) is 7.35. The number of nitriles is 1. The Balaban J connectivity index is 1.72. The Morgan fingerprint density at radius 2 is 2.16 bits per heavy atom. The Morgan fingerprint density at radius 3 is 2.90 bits per heavy atom. The first-order valence-electron chi connectivity index (χ1n) is 10.1. The Hall–Kier alpha value is -3.18. The van der Waals surface area contributed by atoms with Crippen molar-refractivity contribution in [3.63, 3.8) is 0 Å². The first-order valence-corrected chi connectivity index (χ1v) is 10.1. The number of fused-ring (bicyclic) bond motifs is 1. The van der Waals surface area contributed by atoms with Crippen molar-refractivity contribution in [2.45, 2.75) is 38.2 Å². The molecule has 2 heterocycles. The summed E-state index contributed by atoms with van der Waals surface area (Å²) in [5.74, 6) is -3.97. The van der Waals surface area contributed by atoms with Crippen LogP contribution < -0.4 is 0 Å². The molecule has 3 rings (SSSR count). The third-order valence-electron chi connectivity index (χ3n) is 5.10. The van der Waals surface area contributed by atoms with Crippen molar-refractivity contribution in [3.05, 3.63) is 47.7 Å². The van der Waals surface area contributed by atoms with Crippen molar-refractivity contribution in [1.82, 2.24) is 9.88 Å². The van der Waals surface area contributed by atoms with Crippen LogP contribution in [0.4, 0.5) is 8.78 Å². The smallest absolute Gasteiger partial charge is 0.268 e. The zero-order valence-electron chi connectivity index (χ0n) is 17.2. The molecule has 162 valence electrons. The third-order valence-corrected chi connectivity index (χ3v) is 5.10. The van der Waals surface area contributed by atoms with Crippen LogP contribution in [0.25, 0.3) is 17.0 Å². The minimum absolute atomic E-state index is 0.136. The van der Waals surface area contributed by atoms with E-state index in [1.807, 2.05) is 31.2 Å². The first kappa shape index (κ1) is 22.5. The summed E-state index contributed by atoms with van der Waals surface area (Å²) in [5, 5.41) is 9.70. The van der Waals surface area contributed by atoms with Gasteiger partial charge in [0, 0.05) is 43.0 Å². The highest BCUT2D eigenvalue weighted by Gasteiger charge is 2.47. The van der Waals surface area contributed by atoms with Crippen molar-refractivity contribution in [1.29, 1.82) is 5.26 Å². The zero-order chi connectivity index (χ0) is 22.4. The normalized spacial score (nSPS) is 17.9. The maximum Gasteiger partial charge on any atom is 0.268 e.